The molecule has 138 valence electrons. The highest BCUT2D eigenvalue weighted by Gasteiger charge is 2.26. The lowest BCUT2D eigenvalue weighted by Gasteiger charge is -2.08. The first kappa shape index (κ1) is 18.0. The van der Waals surface area contributed by atoms with Crippen LogP contribution in [0.4, 0.5) is 0 Å². The van der Waals surface area contributed by atoms with Crippen molar-refractivity contribution in [2.45, 2.75) is 20.3 Å². The summed E-state index contributed by atoms with van der Waals surface area (Å²) in [7, 11) is 1.70. The van der Waals surface area contributed by atoms with E-state index in [1.807, 2.05) is 0 Å². The lowest BCUT2D eigenvalue weighted by molar-refractivity contribution is -0.583. The third-order valence-corrected chi connectivity index (χ3v) is 5.57. The quantitative estimate of drug-likeness (QED) is 0.628. The summed E-state index contributed by atoms with van der Waals surface area (Å²) in [6.07, 6.45) is 11.5. The van der Waals surface area contributed by atoms with Crippen molar-refractivity contribution in [3.8, 4) is 5.75 Å². The zero-order valence-corrected chi connectivity index (χ0v) is 17.4. The third kappa shape index (κ3) is 2.91. The van der Waals surface area contributed by atoms with Gasteiger partial charge < -0.3 is 10.5 Å². The molecule has 0 atom stereocenters. The van der Waals surface area contributed by atoms with E-state index < -0.39 is 0 Å². The molecule has 4 rings (SSSR count). The molecule has 3 aromatic rings. The average Bonchev–Trinajstić information content (AvgIpc) is 3.28. The van der Waals surface area contributed by atoms with Crippen LogP contribution < -0.4 is 14.8 Å². The van der Waals surface area contributed by atoms with Gasteiger partial charge in [-0.05, 0) is 84.2 Å². The van der Waals surface area contributed by atoms with E-state index in [-0.39, 0.29) is 0 Å². The first-order valence-corrected chi connectivity index (χ1v) is 9.83. The van der Waals surface area contributed by atoms with Gasteiger partial charge in [-0.15, -0.1) is 4.52 Å². The summed E-state index contributed by atoms with van der Waals surface area (Å²) in [5.74, 6) is 0.846. The number of halogens is 1. The van der Waals surface area contributed by atoms with E-state index in [9.17, 15) is 0 Å². The van der Waals surface area contributed by atoms with Crippen LogP contribution in [-0.4, -0.2) is 18.2 Å². The van der Waals surface area contributed by atoms with Crippen molar-refractivity contribution in [2.24, 2.45) is 5.73 Å². The van der Waals surface area contributed by atoms with E-state index in [0.29, 0.717) is 6.54 Å². The molecule has 5 heteroatoms. The molecule has 27 heavy (non-hydrogen) atoms. The van der Waals surface area contributed by atoms with Gasteiger partial charge in [-0.25, -0.2) is 0 Å². The van der Waals surface area contributed by atoms with Gasteiger partial charge in [0.1, 0.15) is 17.0 Å². The van der Waals surface area contributed by atoms with Gasteiger partial charge in [0, 0.05) is 17.7 Å². The number of hydrogen-bond acceptors (Lipinski definition) is 2. The van der Waals surface area contributed by atoms with Crippen LogP contribution in [0.5, 0.6) is 5.75 Å². The van der Waals surface area contributed by atoms with Crippen LogP contribution in [0.1, 0.15) is 33.6 Å². The second kappa shape index (κ2) is 6.98. The number of methoxy groups -OCH3 is 1. The van der Waals surface area contributed by atoms with Gasteiger partial charge in [0.15, 0.2) is 0 Å². The molecular formula is C22H23BrN3O+. The van der Waals surface area contributed by atoms with Crippen molar-refractivity contribution in [3.05, 3.63) is 68.6 Å². The first-order valence-electron chi connectivity index (χ1n) is 9.04. The zero-order chi connectivity index (χ0) is 19.1. The Hall–Kier alpha value is -2.37. The molecule has 4 nitrogen and oxygen atoms in total. The van der Waals surface area contributed by atoms with Gasteiger partial charge in [-0.2, -0.15) is 0 Å². The van der Waals surface area contributed by atoms with Crippen molar-refractivity contribution in [1.82, 2.24) is 4.52 Å². The lowest BCUT2D eigenvalue weighted by Crippen LogP contribution is -2.24. The van der Waals surface area contributed by atoms with Crippen LogP contribution in [0.25, 0.3) is 23.7 Å². The number of ether oxygens (including phenoxy) is 1. The van der Waals surface area contributed by atoms with Crippen molar-refractivity contribution in [1.29, 1.82) is 0 Å². The number of nitrogens with two attached hydrogens (primary N) is 1. The van der Waals surface area contributed by atoms with Gasteiger partial charge in [0.2, 0.25) is 11.9 Å². The summed E-state index contributed by atoms with van der Waals surface area (Å²) >= 11 is 3.60. The maximum absolute atomic E-state index is 5.87. The van der Waals surface area contributed by atoms with E-state index in [1.54, 1.807) is 7.11 Å². The molecule has 2 N–H and O–H groups in total. The minimum Gasteiger partial charge on any atom is -0.495 e. The van der Waals surface area contributed by atoms with E-state index in [1.165, 1.54) is 27.9 Å². The standard InChI is InChI=1S/C22H23BrN3O/c1-14-11-16(22(27-3)19(23)12-14)6-7-17-13-15(2)21-18(8-9-24)20-5-4-10-25(20)26(17)21/h4-7,10-13H,8-9,24H2,1-3H3/q+1. The monoisotopic (exact) mass is 424 g/mol. The van der Waals surface area contributed by atoms with Gasteiger partial charge in [-0.1, -0.05) is 4.36 Å². The Morgan fingerprint density at radius 1 is 1.22 bits per heavy atom. The van der Waals surface area contributed by atoms with Crippen LogP contribution in [0.15, 0.2) is 28.7 Å². The fraction of sp³-hybridized carbons (Fsp3) is 0.227. The molecule has 0 saturated carbocycles. The third-order valence-electron chi connectivity index (χ3n) is 4.98. The Labute approximate surface area is 167 Å². The summed E-state index contributed by atoms with van der Waals surface area (Å²) in [5.41, 5.74) is 14.3. The second-order valence-corrected chi connectivity index (χ2v) is 7.72. The molecular weight excluding hydrogens is 402 g/mol. The molecule has 0 amide bonds. The van der Waals surface area contributed by atoms with E-state index in [4.69, 9.17) is 10.5 Å². The molecule has 1 aromatic carbocycles. The summed E-state index contributed by atoms with van der Waals surface area (Å²) in [4.78, 5) is 0. The van der Waals surface area contributed by atoms with E-state index in [0.717, 1.165) is 27.9 Å². The summed E-state index contributed by atoms with van der Waals surface area (Å²) < 4.78 is 11.0. The Morgan fingerprint density at radius 3 is 2.78 bits per heavy atom. The van der Waals surface area contributed by atoms with Crippen molar-refractivity contribution < 1.29 is 9.09 Å². The lowest BCUT2D eigenvalue weighted by atomic mass is 10.1. The van der Waals surface area contributed by atoms with Crippen LogP contribution in [0, 0.1) is 20.1 Å². The van der Waals surface area contributed by atoms with E-state index >= 15 is 0 Å². The number of aromatic nitrogens is 2. The Kier molecular flexibility index (Phi) is 4.66. The minimum atomic E-state index is 0.644. The molecule has 0 radical (unpaired) electrons. The van der Waals surface area contributed by atoms with Crippen LogP contribution >= 0.6 is 15.9 Å². The molecule has 0 saturated heterocycles. The molecule has 1 aliphatic heterocycles. The maximum atomic E-state index is 5.87. The van der Waals surface area contributed by atoms with Crippen LogP contribution in [0.3, 0.4) is 0 Å². The normalized spacial score (nSPS) is 12.9. The number of allylic oxidation sites excluding steroid dienone is 1. The Bertz CT molecular complexity index is 1150. The summed E-state index contributed by atoms with van der Waals surface area (Å²) in [6, 6.07) is 6.42. The second-order valence-electron chi connectivity index (χ2n) is 6.87. The number of nitrogens with zero attached hydrogens (tertiary/aromatic N) is 2. The van der Waals surface area contributed by atoms with Gasteiger partial charge >= 0.3 is 0 Å². The van der Waals surface area contributed by atoms with E-state index in [2.05, 4.69) is 87.4 Å². The molecule has 0 bridgehead atoms. The van der Waals surface area contributed by atoms with Crippen LogP contribution in [-0.2, 0) is 6.42 Å². The largest absolute Gasteiger partial charge is 0.495 e. The molecule has 0 aliphatic carbocycles. The molecule has 1 aliphatic rings. The summed E-state index contributed by atoms with van der Waals surface area (Å²) in [5, 5.41) is 0. The first-order chi connectivity index (χ1) is 13.0. The Balaban J connectivity index is 1.88. The van der Waals surface area contributed by atoms with Crippen LogP contribution in [0.2, 0.25) is 0 Å². The highest BCUT2D eigenvalue weighted by Crippen LogP contribution is 2.32. The fourth-order valence-corrected chi connectivity index (χ4v) is 4.68. The predicted octanol–water partition coefficient (Wildman–Crippen LogP) is 4.04. The van der Waals surface area contributed by atoms with Gasteiger partial charge in [0.25, 0.3) is 0 Å². The number of rotatable bonds is 5. The molecule has 0 fully saturated rings. The van der Waals surface area contributed by atoms with Gasteiger partial charge in [0.05, 0.1) is 17.1 Å². The molecule has 0 unspecified atom stereocenters. The van der Waals surface area contributed by atoms with Crippen molar-refractivity contribution in [3.63, 3.8) is 0 Å². The number of hydrogen-bond donors (Lipinski definition) is 1. The SMILES string of the molecule is COc1c(Br)cc(C)cc1C=Cc1cc(C)c2c(CCN)c3[n+](n12)=CC=C3. The number of fused-ring (bicyclic) bond motifs is 3. The molecule has 2 aromatic heterocycles. The maximum Gasteiger partial charge on any atom is 0.242 e. The number of benzene rings is 1. The fourth-order valence-electron chi connectivity index (χ4n) is 3.93. The summed E-state index contributed by atoms with van der Waals surface area (Å²) in [6.45, 7) is 4.89. The predicted molar refractivity (Wildman–Crippen MR) is 114 cm³/mol. The topological polar surface area (TPSA) is 45.6 Å². The smallest absolute Gasteiger partial charge is 0.242 e. The number of aryl methyl sites for hydroxylation is 2. The average molecular weight is 425 g/mol. The minimum absolute atomic E-state index is 0.644. The van der Waals surface area contributed by atoms with Gasteiger partial charge in [-0.3, -0.25) is 0 Å². The highest BCUT2D eigenvalue weighted by atomic mass is 79.9. The van der Waals surface area contributed by atoms with Crippen molar-refractivity contribution in [2.75, 3.05) is 13.7 Å². The Morgan fingerprint density at radius 2 is 2.04 bits per heavy atom. The molecule has 3 heterocycles. The zero-order valence-electron chi connectivity index (χ0n) is 15.8. The molecule has 0 spiro atoms. The highest BCUT2D eigenvalue weighted by molar-refractivity contribution is 9.10. The van der Waals surface area contributed by atoms with Crippen molar-refractivity contribution >= 4 is 39.7 Å².